The molecule has 2 aromatic heterocycles. The van der Waals surface area contributed by atoms with E-state index in [9.17, 15) is 19.2 Å². The summed E-state index contributed by atoms with van der Waals surface area (Å²) in [5.41, 5.74) is 10.3. The van der Waals surface area contributed by atoms with Gasteiger partial charge in [-0.05, 0) is 86.7 Å². The summed E-state index contributed by atoms with van der Waals surface area (Å²) in [4.78, 5) is 62.3. The lowest BCUT2D eigenvalue weighted by atomic mass is 9.91. The maximum Gasteiger partial charge on any atom is 0.262 e. The molecular formula is C41H42N10O5. The Hall–Kier alpha value is -6.19. The number of nitrogens with two attached hydrogens (primary N) is 1. The van der Waals surface area contributed by atoms with Gasteiger partial charge in [0.05, 0.1) is 22.6 Å². The average Bonchev–Trinajstić information content (AvgIpc) is 3.70. The van der Waals surface area contributed by atoms with E-state index in [4.69, 9.17) is 15.6 Å². The van der Waals surface area contributed by atoms with Crippen molar-refractivity contribution in [3.05, 3.63) is 90.3 Å². The quantitative estimate of drug-likeness (QED) is 0.113. The summed E-state index contributed by atoms with van der Waals surface area (Å²) in [6, 6.07) is 22.7. The highest BCUT2D eigenvalue weighted by Gasteiger charge is 2.45. The topological polar surface area (TPSA) is 190 Å². The molecule has 1 saturated carbocycles. The molecule has 3 aromatic carbocycles. The number of nitrogens with one attached hydrogen (secondary N) is 3. The number of fused-ring (bicyclic) bond motifs is 2. The molecule has 56 heavy (non-hydrogen) atoms. The van der Waals surface area contributed by atoms with E-state index in [1.165, 1.54) is 6.33 Å². The predicted octanol–water partition coefficient (Wildman–Crippen LogP) is 3.82. The van der Waals surface area contributed by atoms with Gasteiger partial charge in [0, 0.05) is 55.9 Å². The monoisotopic (exact) mass is 754 g/mol. The van der Waals surface area contributed by atoms with Gasteiger partial charge in [-0.15, -0.1) is 0 Å². The molecule has 15 nitrogen and oxygen atoms in total. The number of rotatable bonds is 11. The van der Waals surface area contributed by atoms with Gasteiger partial charge in [0.1, 0.15) is 35.4 Å². The molecule has 4 amide bonds. The van der Waals surface area contributed by atoms with Crippen LogP contribution in [0.5, 0.6) is 11.5 Å². The number of piperidine rings is 1. The number of anilines is 2. The fraction of sp³-hybridized carbons (Fsp3) is 0.341. The number of benzene rings is 3. The first-order chi connectivity index (χ1) is 27.3. The maximum absolute atomic E-state index is 13.2. The third kappa shape index (κ3) is 6.73. The van der Waals surface area contributed by atoms with Crippen molar-refractivity contribution in [1.29, 1.82) is 0 Å². The van der Waals surface area contributed by atoms with Gasteiger partial charge in [-0.25, -0.2) is 14.6 Å². The predicted molar refractivity (Wildman–Crippen MR) is 208 cm³/mol. The van der Waals surface area contributed by atoms with Crippen molar-refractivity contribution in [3.8, 4) is 22.8 Å². The number of nitrogen functional groups attached to an aromatic ring is 1. The van der Waals surface area contributed by atoms with Crippen LogP contribution < -0.4 is 31.3 Å². The summed E-state index contributed by atoms with van der Waals surface area (Å²) in [5.74, 6) is -0.0632. The molecule has 0 bridgehead atoms. The second kappa shape index (κ2) is 14.8. The second-order valence-electron chi connectivity index (χ2n) is 14.9. The minimum atomic E-state index is -0.971. The number of nitrogens with zero attached hydrogens (tertiary/aromatic N) is 6. The SMILES string of the molecule is Nc1ncnc2c1c(-c1ccc(Oc3ccccc3)cc1)nn2[C@H]1CC[C@H](NCCNC2CN(c3ccc4c(c3)C(=O)N([C@@H]3CCC(=O)NC3=O)C4=O)C2)CC1. The van der Waals surface area contributed by atoms with Crippen LogP contribution in [-0.2, 0) is 9.59 Å². The molecule has 286 valence electrons. The summed E-state index contributed by atoms with van der Waals surface area (Å²) in [5, 5.41) is 15.4. The number of para-hydroxylation sites is 1. The van der Waals surface area contributed by atoms with E-state index in [1.54, 1.807) is 12.1 Å². The Labute approximate surface area is 322 Å². The number of carbonyl (C=O) groups is 4. The molecule has 0 spiro atoms. The van der Waals surface area contributed by atoms with Gasteiger partial charge in [0.25, 0.3) is 11.8 Å². The molecule has 0 radical (unpaired) electrons. The van der Waals surface area contributed by atoms with Crippen LogP contribution in [0, 0.1) is 0 Å². The van der Waals surface area contributed by atoms with Crippen LogP contribution in [0.2, 0.25) is 0 Å². The lowest BCUT2D eigenvalue weighted by Crippen LogP contribution is -2.59. The van der Waals surface area contributed by atoms with Gasteiger partial charge in [-0.3, -0.25) is 29.4 Å². The third-order valence-corrected chi connectivity index (χ3v) is 11.3. The van der Waals surface area contributed by atoms with Gasteiger partial charge in [-0.2, -0.15) is 5.10 Å². The molecule has 5 N–H and O–H groups in total. The van der Waals surface area contributed by atoms with Crippen LogP contribution in [0.1, 0.15) is 65.3 Å². The molecule has 0 unspecified atom stereocenters. The van der Waals surface area contributed by atoms with Crippen LogP contribution in [0.25, 0.3) is 22.3 Å². The minimum absolute atomic E-state index is 0.0922. The van der Waals surface area contributed by atoms with Crippen molar-refractivity contribution in [2.75, 3.05) is 36.8 Å². The Bertz CT molecular complexity index is 2320. The molecule has 5 heterocycles. The van der Waals surface area contributed by atoms with Crippen LogP contribution in [0.3, 0.4) is 0 Å². The molecule has 2 saturated heterocycles. The van der Waals surface area contributed by atoms with Crippen molar-refractivity contribution >= 4 is 46.2 Å². The highest BCUT2D eigenvalue weighted by atomic mass is 16.5. The number of amides is 4. The van der Waals surface area contributed by atoms with Crippen molar-refractivity contribution in [3.63, 3.8) is 0 Å². The van der Waals surface area contributed by atoms with Gasteiger partial charge < -0.3 is 26.0 Å². The van der Waals surface area contributed by atoms with Gasteiger partial charge in [0.2, 0.25) is 11.8 Å². The van der Waals surface area contributed by atoms with E-state index in [0.29, 0.717) is 23.5 Å². The molecule has 4 aliphatic rings. The first-order valence-electron chi connectivity index (χ1n) is 19.2. The Morgan fingerprint density at radius 1 is 0.786 bits per heavy atom. The first-order valence-corrected chi connectivity index (χ1v) is 19.2. The smallest absolute Gasteiger partial charge is 0.262 e. The Morgan fingerprint density at radius 2 is 1.50 bits per heavy atom. The molecule has 1 atom stereocenters. The average molecular weight is 755 g/mol. The summed E-state index contributed by atoms with van der Waals surface area (Å²) in [7, 11) is 0. The van der Waals surface area contributed by atoms with E-state index >= 15 is 0 Å². The minimum Gasteiger partial charge on any atom is -0.457 e. The molecule has 15 heteroatoms. The number of imide groups is 2. The fourth-order valence-electron chi connectivity index (χ4n) is 8.31. The zero-order chi connectivity index (χ0) is 38.3. The molecule has 1 aliphatic carbocycles. The number of hydrogen-bond acceptors (Lipinski definition) is 12. The lowest BCUT2D eigenvalue weighted by Gasteiger charge is -2.41. The van der Waals surface area contributed by atoms with Crippen LogP contribution >= 0.6 is 0 Å². The Morgan fingerprint density at radius 3 is 2.25 bits per heavy atom. The fourth-order valence-corrected chi connectivity index (χ4v) is 8.31. The van der Waals surface area contributed by atoms with E-state index in [-0.39, 0.29) is 24.4 Å². The summed E-state index contributed by atoms with van der Waals surface area (Å²) >= 11 is 0. The second-order valence-corrected chi connectivity index (χ2v) is 14.9. The number of carbonyl (C=O) groups excluding carboxylic acids is 4. The molecule has 5 aromatic rings. The van der Waals surface area contributed by atoms with Gasteiger partial charge in [0.15, 0.2) is 5.65 Å². The van der Waals surface area contributed by atoms with E-state index in [2.05, 4.69) is 30.8 Å². The van der Waals surface area contributed by atoms with E-state index in [0.717, 1.165) is 96.2 Å². The maximum atomic E-state index is 13.2. The third-order valence-electron chi connectivity index (χ3n) is 11.3. The lowest BCUT2D eigenvalue weighted by molar-refractivity contribution is -0.136. The van der Waals surface area contributed by atoms with Gasteiger partial charge in [-0.1, -0.05) is 18.2 Å². The number of ether oxygens (including phenoxy) is 1. The number of aromatic nitrogens is 4. The first kappa shape index (κ1) is 35.5. The molecule has 9 rings (SSSR count). The van der Waals surface area contributed by atoms with Crippen molar-refractivity contribution in [1.82, 2.24) is 40.6 Å². The Kier molecular flexibility index (Phi) is 9.39. The largest absolute Gasteiger partial charge is 0.457 e. The molecule has 3 fully saturated rings. The highest BCUT2D eigenvalue weighted by molar-refractivity contribution is 6.23. The molecular weight excluding hydrogens is 713 g/mol. The zero-order valence-corrected chi connectivity index (χ0v) is 30.7. The summed E-state index contributed by atoms with van der Waals surface area (Å²) in [6.07, 6.45) is 5.70. The van der Waals surface area contributed by atoms with Crippen LogP contribution in [0.15, 0.2) is 79.1 Å². The van der Waals surface area contributed by atoms with Crippen LogP contribution in [0.4, 0.5) is 11.5 Å². The zero-order valence-electron chi connectivity index (χ0n) is 30.7. The van der Waals surface area contributed by atoms with Gasteiger partial charge >= 0.3 is 0 Å². The Balaban J connectivity index is 0.745. The van der Waals surface area contributed by atoms with Crippen molar-refractivity contribution < 1.29 is 23.9 Å². The highest BCUT2D eigenvalue weighted by Crippen LogP contribution is 2.37. The number of hydrogen-bond donors (Lipinski definition) is 4. The van der Waals surface area contributed by atoms with E-state index in [1.807, 2.05) is 65.3 Å². The van der Waals surface area contributed by atoms with E-state index < -0.39 is 29.7 Å². The van der Waals surface area contributed by atoms with Crippen molar-refractivity contribution in [2.45, 2.75) is 62.7 Å². The summed E-state index contributed by atoms with van der Waals surface area (Å²) in [6.45, 7) is 3.24. The normalized spacial score (nSPS) is 21.3. The summed E-state index contributed by atoms with van der Waals surface area (Å²) < 4.78 is 8.03. The standard InChI is InChI=1S/C41H42N10O5/c42-37-35-36(24-6-13-30(14-7-24)56-29-4-2-1-3-5-29)48-51(38(35)46-23-45-37)27-10-8-25(9-11-27)43-18-19-44-26-21-49(22-26)28-12-15-31-32(20-28)41(55)50(40(31)54)33-16-17-34(52)47-39(33)53/h1-7,12-15,20,23,25-27,33,43-44H,8-11,16-19,21-22H2,(H2,42,45,46)(H,47,52,53)/t25-,27-,33-/m1/s1. The molecule has 3 aliphatic heterocycles. The van der Waals surface area contributed by atoms with Crippen LogP contribution in [-0.4, -0.2) is 92.6 Å². The van der Waals surface area contributed by atoms with Crippen molar-refractivity contribution in [2.24, 2.45) is 0 Å².